The number of carbonyl (C=O) groups is 2. The summed E-state index contributed by atoms with van der Waals surface area (Å²) in [7, 11) is 0. The van der Waals surface area contributed by atoms with Gasteiger partial charge in [0.1, 0.15) is 5.60 Å². The van der Waals surface area contributed by atoms with Crippen molar-refractivity contribution >= 4 is 11.7 Å². The van der Waals surface area contributed by atoms with Gasteiger partial charge in [0, 0.05) is 0 Å². The van der Waals surface area contributed by atoms with Crippen LogP contribution in [0.25, 0.3) is 0 Å². The van der Waals surface area contributed by atoms with E-state index < -0.39 is 17.7 Å². The number of aliphatic hydroxyl groups excluding tert-OH is 1. The Bertz CT molecular complexity index is 321. The molecule has 104 valence electrons. The number of aliphatic hydroxyl groups is 1. The highest BCUT2D eigenvalue weighted by atomic mass is 16.6. The van der Waals surface area contributed by atoms with Crippen LogP contribution >= 0.6 is 0 Å². The van der Waals surface area contributed by atoms with Gasteiger partial charge in [0.2, 0.25) is 5.91 Å². The van der Waals surface area contributed by atoms with Crippen molar-refractivity contribution in [2.45, 2.75) is 58.3 Å². The number of hydrogen-bond donors (Lipinski definition) is 2. The van der Waals surface area contributed by atoms with E-state index in [0.717, 1.165) is 0 Å². The largest absolute Gasteiger partial charge is 0.393 e. The van der Waals surface area contributed by atoms with E-state index in [2.05, 4.69) is 5.32 Å². The van der Waals surface area contributed by atoms with E-state index in [-0.39, 0.29) is 18.1 Å². The normalized spacial score (nSPS) is 25.7. The molecule has 1 rings (SSSR count). The summed E-state index contributed by atoms with van der Waals surface area (Å²) in [5.41, 5.74) is -0.725. The molecule has 1 aliphatic rings. The molecule has 0 saturated carbocycles. The van der Waals surface area contributed by atoms with Gasteiger partial charge in [-0.2, -0.15) is 0 Å². The third-order valence-corrected chi connectivity index (χ3v) is 2.94. The van der Waals surface area contributed by atoms with Crippen LogP contribution in [0, 0.1) is 5.92 Å². The molecule has 1 amide bonds. The molecule has 0 aromatic rings. The van der Waals surface area contributed by atoms with Gasteiger partial charge in [-0.1, -0.05) is 13.8 Å². The van der Waals surface area contributed by atoms with Gasteiger partial charge >= 0.3 is 0 Å². The number of carbonyl (C=O) groups excluding carboxylic acids is 2. The van der Waals surface area contributed by atoms with Gasteiger partial charge in [-0.05, 0) is 26.2 Å². The van der Waals surface area contributed by atoms with E-state index in [0.29, 0.717) is 18.9 Å². The van der Waals surface area contributed by atoms with Gasteiger partial charge in [0.15, 0.2) is 5.78 Å². The lowest BCUT2D eigenvalue weighted by Gasteiger charge is -2.21. The van der Waals surface area contributed by atoms with E-state index >= 15 is 0 Å². The molecule has 2 N–H and O–H groups in total. The van der Waals surface area contributed by atoms with Gasteiger partial charge in [-0.25, -0.2) is 0 Å². The first-order chi connectivity index (χ1) is 8.24. The minimum absolute atomic E-state index is 0.0133. The molecule has 1 heterocycles. The van der Waals surface area contributed by atoms with E-state index in [1.807, 2.05) is 13.8 Å². The van der Waals surface area contributed by atoms with Crippen molar-refractivity contribution < 1.29 is 19.4 Å². The van der Waals surface area contributed by atoms with Crippen LogP contribution in [0.2, 0.25) is 0 Å². The summed E-state index contributed by atoms with van der Waals surface area (Å²) < 4.78 is 5.13. The summed E-state index contributed by atoms with van der Waals surface area (Å²) >= 11 is 0. The molecule has 1 saturated heterocycles. The molecule has 3 atom stereocenters. The zero-order chi connectivity index (χ0) is 13.9. The fourth-order valence-electron chi connectivity index (χ4n) is 1.84. The second-order valence-corrected chi connectivity index (χ2v) is 5.69. The molecule has 0 aromatic heterocycles. The van der Waals surface area contributed by atoms with Gasteiger partial charge in [-0.3, -0.25) is 9.59 Å². The molecule has 18 heavy (non-hydrogen) atoms. The summed E-state index contributed by atoms with van der Waals surface area (Å²) in [4.78, 5) is 23.8. The number of epoxide rings is 1. The number of ether oxygens (including phenoxy) is 1. The zero-order valence-corrected chi connectivity index (χ0v) is 11.5. The number of Topliss-reactive ketones (excluding diaryl/α,β-unsaturated/α-hetero) is 1. The first-order valence-corrected chi connectivity index (χ1v) is 6.40. The van der Waals surface area contributed by atoms with Crippen LogP contribution in [0.1, 0.15) is 40.5 Å². The maximum absolute atomic E-state index is 12.2. The smallest absolute Gasteiger partial charge is 0.223 e. The lowest BCUT2D eigenvalue weighted by atomic mass is 9.93. The Morgan fingerprint density at radius 1 is 1.39 bits per heavy atom. The quantitative estimate of drug-likeness (QED) is 0.656. The minimum atomic E-state index is -0.725. The first kappa shape index (κ1) is 15.1. The number of amides is 1. The van der Waals surface area contributed by atoms with Crippen molar-refractivity contribution in [2.24, 2.45) is 5.92 Å². The van der Waals surface area contributed by atoms with Gasteiger partial charge in [0.05, 0.1) is 25.2 Å². The molecule has 0 spiro atoms. The maximum atomic E-state index is 12.2. The van der Waals surface area contributed by atoms with Crippen molar-refractivity contribution in [3.63, 3.8) is 0 Å². The van der Waals surface area contributed by atoms with Crippen molar-refractivity contribution in [1.29, 1.82) is 0 Å². The third kappa shape index (κ3) is 4.38. The molecule has 0 radical (unpaired) electrons. The van der Waals surface area contributed by atoms with Crippen LogP contribution < -0.4 is 5.32 Å². The van der Waals surface area contributed by atoms with Gasteiger partial charge in [-0.15, -0.1) is 0 Å². The standard InChI is InChI=1S/C13H23NO4/c1-8(2)5-10(12(17)13(4)7-18-13)14-11(16)6-9(3)15/h8-10,15H,5-7H2,1-4H3,(H,14,16)/t9-,10+,13-/m1/s1. The predicted octanol–water partition coefficient (Wildman–Crippen LogP) is 0.646. The number of ketones is 1. The lowest BCUT2D eigenvalue weighted by Crippen LogP contribution is -2.47. The van der Waals surface area contributed by atoms with Crippen LogP contribution in [-0.4, -0.2) is 41.2 Å². The molecule has 0 aliphatic carbocycles. The summed E-state index contributed by atoms with van der Waals surface area (Å²) in [6, 6.07) is -0.524. The molecule has 5 heteroatoms. The Balaban J connectivity index is 2.61. The maximum Gasteiger partial charge on any atom is 0.223 e. The van der Waals surface area contributed by atoms with Crippen LogP contribution in [0.15, 0.2) is 0 Å². The summed E-state index contributed by atoms with van der Waals surface area (Å²) in [5.74, 6) is -0.0726. The predicted molar refractivity (Wildman–Crippen MR) is 67.0 cm³/mol. The average molecular weight is 257 g/mol. The molecule has 1 aliphatic heterocycles. The molecule has 5 nitrogen and oxygen atoms in total. The zero-order valence-electron chi connectivity index (χ0n) is 11.5. The van der Waals surface area contributed by atoms with Crippen molar-refractivity contribution in [3.8, 4) is 0 Å². The Morgan fingerprint density at radius 2 is 1.94 bits per heavy atom. The van der Waals surface area contributed by atoms with Crippen LogP contribution in [0.3, 0.4) is 0 Å². The summed E-state index contributed by atoms with van der Waals surface area (Å²) in [5, 5.41) is 11.9. The molecular weight excluding hydrogens is 234 g/mol. The molecule has 1 fully saturated rings. The highest BCUT2D eigenvalue weighted by Crippen LogP contribution is 2.29. The van der Waals surface area contributed by atoms with E-state index in [1.54, 1.807) is 13.8 Å². The van der Waals surface area contributed by atoms with Crippen LogP contribution in [0.5, 0.6) is 0 Å². The van der Waals surface area contributed by atoms with Crippen LogP contribution in [0.4, 0.5) is 0 Å². The SMILES string of the molecule is CC(C)C[C@H](NC(=O)C[C@@H](C)O)C(=O)[C@@]1(C)CO1. The first-order valence-electron chi connectivity index (χ1n) is 6.40. The minimum Gasteiger partial charge on any atom is -0.393 e. The lowest BCUT2D eigenvalue weighted by molar-refractivity contribution is -0.131. The number of hydrogen-bond acceptors (Lipinski definition) is 4. The Labute approximate surface area is 108 Å². The van der Waals surface area contributed by atoms with Gasteiger partial charge < -0.3 is 15.2 Å². The molecule has 0 aromatic carbocycles. The number of rotatable bonds is 7. The van der Waals surface area contributed by atoms with E-state index in [4.69, 9.17) is 9.84 Å². The second kappa shape index (κ2) is 5.80. The van der Waals surface area contributed by atoms with Crippen molar-refractivity contribution in [3.05, 3.63) is 0 Å². The summed E-state index contributed by atoms with van der Waals surface area (Å²) in [6.45, 7) is 7.70. The molecular formula is C13H23NO4. The van der Waals surface area contributed by atoms with Crippen molar-refractivity contribution in [1.82, 2.24) is 5.32 Å². The fourth-order valence-corrected chi connectivity index (χ4v) is 1.84. The fraction of sp³-hybridized carbons (Fsp3) is 0.846. The van der Waals surface area contributed by atoms with Crippen LogP contribution in [-0.2, 0) is 14.3 Å². The number of nitrogens with one attached hydrogen (secondary N) is 1. The van der Waals surface area contributed by atoms with E-state index in [9.17, 15) is 9.59 Å². The summed E-state index contributed by atoms with van der Waals surface area (Å²) in [6.07, 6.45) is -0.101. The van der Waals surface area contributed by atoms with Gasteiger partial charge in [0.25, 0.3) is 0 Å². The Kier molecular flexibility index (Phi) is 4.87. The molecule has 0 bridgehead atoms. The highest BCUT2D eigenvalue weighted by molar-refractivity contribution is 5.96. The topological polar surface area (TPSA) is 78.9 Å². The second-order valence-electron chi connectivity index (χ2n) is 5.69. The third-order valence-electron chi connectivity index (χ3n) is 2.94. The monoisotopic (exact) mass is 257 g/mol. The Morgan fingerprint density at radius 3 is 2.33 bits per heavy atom. The van der Waals surface area contributed by atoms with Crippen molar-refractivity contribution in [2.75, 3.05) is 6.61 Å². The highest BCUT2D eigenvalue weighted by Gasteiger charge is 2.50. The Hall–Kier alpha value is -0.940. The van der Waals surface area contributed by atoms with E-state index in [1.165, 1.54) is 0 Å². The molecule has 0 unspecified atom stereocenters. The average Bonchev–Trinajstić information content (AvgIpc) is 2.93.